The number of nitrogens with one attached hydrogen (secondary N) is 2. The molecular weight excluding hydrogens is 430 g/mol. The molecule has 0 radical (unpaired) electrons. The summed E-state index contributed by atoms with van der Waals surface area (Å²) < 4.78 is 11.5. The van der Waals surface area contributed by atoms with Crippen LogP contribution < -0.4 is 25.0 Å². The van der Waals surface area contributed by atoms with Crippen LogP contribution in [0.4, 0.5) is 17.1 Å². The summed E-state index contributed by atoms with van der Waals surface area (Å²) in [6, 6.07) is 22.2. The Morgan fingerprint density at radius 2 is 1.71 bits per heavy atom. The number of amides is 2. The fourth-order valence-corrected chi connectivity index (χ4v) is 3.59. The molecule has 7 heteroatoms. The molecule has 0 aromatic heterocycles. The molecule has 3 aromatic rings. The first-order chi connectivity index (χ1) is 16.3. The summed E-state index contributed by atoms with van der Waals surface area (Å²) in [6.45, 7) is 6.71. The number of carbonyl (C=O) groups is 2. The first kappa shape index (κ1) is 23.2. The van der Waals surface area contributed by atoms with E-state index in [0.29, 0.717) is 36.0 Å². The van der Waals surface area contributed by atoms with E-state index >= 15 is 0 Å². The fraction of sp³-hybridized carbons (Fsp3) is 0.259. The van der Waals surface area contributed by atoms with Gasteiger partial charge in [-0.3, -0.25) is 9.59 Å². The Kier molecular flexibility index (Phi) is 6.72. The van der Waals surface area contributed by atoms with Crippen LogP contribution in [0.5, 0.6) is 17.2 Å². The van der Waals surface area contributed by atoms with Gasteiger partial charge in [0.2, 0.25) is 11.8 Å². The van der Waals surface area contributed by atoms with Crippen LogP contribution in [-0.2, 0) is 9.59 Å². The largest absolute Gasteiger partial charge is 0.490 e. The Labute approximate surface area is 199 Å². The molecule has 34 heavy (non-hydrogen) atoms. The highest BCUT2D eigenvalue weighted by Gasteiger charge is 2.31. The zero-order valence-corrected chi connectivity index (χ0v) is 19.6. The maximum Gasteiger partial charge on any atom is 0.243 e. The molecule has 0 aliphatic carbocycles. The Morgan fingerprint density at radius 3 is 2.47 bits per heavy atom. The highest BCUT2D eigenvalue weighted by Crippen LogP contribution is 2.36. The van der Waals surface area contributed by atoms with E-state index in [0.717, 1.165) is 11.4 Å². The number of hydrogen-bond donors (Lipinski definition) is 2. The molecule has 1 aliphatic rings. The molecule has 0 unspecified atom stereocenters. The highest BCUT2D eigenvalue weighted by atomic mass is 16.5. The lowest BCUT2D eigenvalue weighted by Crippen LogP contribution is -2.44. The third kappa shape index (κ3) is 5.67. The van der Waals surface area contributed by atoms with Gasteiger partial charge in [-0.15, -0.1) is 0 Å². The van der Waals surface area contributed by atoms with Gasteiger partial charge in [-0.25, -0.2) is 0 Å². The first-order valence-corrected chi connectivity index (χ1v) is 11.2. The normalized spacial score (nSPS) is 12.9. The van der Waals surface area contributed by atoms with Gasteiger partial charge in [-0.2, -0.15) is 0 Å². The van der Waals surface area contributed by atoms with E-state index in [2.05, 4.69) is 10.6 Å². The fourth-order valence-electron chi connectivity index (χ4n) is 3.59. The second-order valence-electron chi connectivity index (χ2n) is 9.08. The number of nitrogens with zero attached hydrogens (tertiary/aromatic N) is 1. The molecular formula is C27H29N3O4. The van der Waals surface area contributed by atoms with Crippen molar-refractivity contribution >= 4 is 28.9 Å². The first-order valence-electron chi connectivity index (χ1n) is 11.2. The Hall–Kier alpha value is -4.00. The topological polar surface area (TPSA) is 79.9 Å². The predicted octanol–water partition coefficient (Wildman–Crippen LogP) is 5.30. The molecule has 2 amide bonds. The van der Waals surface area contributed by atoms with E-state index in [4.69, 9.17) is 9.47 Å². The lowest BCUT2D eigenvalue weighted by atomic mass is 9.94. The second kappa shape index (κ2) is 9.87. The van der Waals surface area contributed by atoms with Crippen LogP contribution in [0, 0.1) is 5.41 Å². The average Bonchev–Trinajstić information content (AvgIpc) is 2.82. The second-order valence-corrected chi connectivity index (χ2v) is 9.08. The van der Waals surface area contributed by atoms with Crippen molar-refractivity contribution in [2.75, 3.05) is 35.2 Å². The van der Waals surface area contributed by atoms with Gasteiger partial charge < -0.3 is 25.0 Å². The van der Waals surface area contributed by atoms with Crippen LogP contribution in [0.15, 0.2) is 72.8 Å². The number of carbonyl (C=O) groups excluding carboxylic acids is 2. The Balaban J connectivity index is 1.38. The minimum absolute atomic E-state index is 0.0320. The van der Waals surface area contributed by atoms with E-state index in [1.54, 1.807) is 11.0 Å². The van der Waals surface area contributed by atoms with Crippen molar-refractivity contribution in [1.82, 2.24) is 0 Å². The lowest BCUT2D eigenvalue weighted by molar-refractivity contribution is -0.126. The van der Waals surface area contributed by atoms with Gasteiger partial charge in [-0.1, -0.05) is 45.0 Å². The van der Waals surface area contributed by atoms with Crippen LogP contribution in [-0.4, -0.2) is 31.5 Å². The maximum absolute atomic E-state index is 12.9. The molecule has 0 spiro atoms. The summed E-state index contributed by atoms with van der Waals surface area (Å²) in [5.41, 5.74) is 1.58. The Morgan fingerprint density at radius 1 is 0.941 bits per heavy atom. The van der Waals surface area contributed by atoms with Crippen molar-refractivity contribution in [3.63, 3.8) is 0 Å². The molecule has 0 saturated carbocycles. The summed E-state index contributed by atoms with van der Waals surface area (Å²) in [6.07, 6.45) is 0. The summed E-state index contributed by atoms with van der Waals surface area (Å²) in [7, 11) is 0. The minimum Gasteiger partial charge on any atom is -0.490 e. The number of hydrogen-bond acceptors (Lipinski definition) is 5. The zero-order chi connectivity index (χ0) is 24.1. The number of rotatable bonds is 6. The maximum atomic E-state index is 12.9. The van der Waals surface area contributed by atoms with Crippen LogP contribution in [0.25, 0.3) is 0 Å². The van der Waals surface area contributed by atoms with Gasteiger partial charge in [0.05, 0.1) is 18.8 Å². The smallest absolute Gasteiger partial charge is 0.243 e. The van der Waals surface area contributed by atoms with Crippen LogP contribution in [0.3, 0.4) is 0 Å². The SMILES string of the molecule is CC(C)(C)C(=O)N1CCOc2ccc(NCC(=O)Nc3cccc(Oc4ccccc4)c3)cc21. The average molecular weight is 460 g/mol. The standard InChI is InChI=1S/C27H29N3O4/c1-27(2,3)26(32)30-14-15-33-24-13-12-19(17-23(24)30)28-18-25(31)29-20-8-7-11-22(16-20)34-21-9-5-4-6-10-21/h4-13,16-17,28H,14-15,18H2,1-3H3,(H,29,31). The van der Waals surface area contributed by atoms with Gasteiger partial charge in [0.1, 0.15) is 23.9 Å². The molecule has 0 fully saturated rings. The third-order valence-corrected chi connectivity index (χ3v) is 5.26. The van der Waals surface area contributed by atoms with E-state index in [9.17, 15) is 9.59 Å². The van der Waals surface area contributed by atoms with Gasteiger partial charge in [-0.05, 0) is 42.5 Å². The van der Waals surface area contributed by atoms with Crippen molar-refractivity contribution in [2.45, 2.75) is 20.8 Å². The van der Waals surface area contributed by atoms with Crippen molar-refractivity contribution < 1.29 is 19.1 Å². The third-order valence-electron chi connectivity index (χ3n) is 5.26. The molecule has 7 nitrogen and oxygen atoms in total. The number of ether oxygens (including phenoxy) is 2. The molecule has 0 atom stereocenters. The molecule has 4 rings (SSSR count). The number of benzene rings is 3. The van der Waals surface area contributed by atoms with E-state index in [-0.39, 0.29) is 18.4 Å². The molecule has 0 saturated heterocycles. The van der Waals surface area contributed by atoms with Crippen molar-refractivity contribution in [2.24, 2.45) is 5.41 Å². The summed E-state index contributed by atoms with van der Waals surface area (Å²) >= 11 is 0. The molecule has 1 aliphatic heterocycles. The zero-order valence-electron chi connectivity index (χ0n) is 19.6. The van der Waals surface area contributed by atoms with Gasteiger partial charge in [0, 0.05) is 22.9 Å². The van der Waals surface area contributed by atoms with E-state index in [1.165, 1.54) is 0 Å². The molecule has 1 heterocycles. The number of anilines is 3. The lowest BCUT2D eigenvalue weighted by Gasteiger charge is -2.34. The van der Waals surface area contributed by atoms with Crippen LogP contribution >= 0.6 is 0 Å². The summed E-state index contributed by atoms with van der Waals surface area (Å²) in [4.78, 5) is 27.2. The number of fused-ring (bicyclic) bond motifs is 1. The minimum atomic E-state index is -0.503. The van der Waals surface area contributed by atoms with Crippen LogP contribution in [0.1, 0.15) is 20.8 Å². The van der Waals surface area contributed by atoms with Crippen molar-refractivity contribution in [1.29, 1.82) is 0 Å². The quantitative estimate of drug-likeness (QED) is 0.523. The summed E-state index contributed by atoms with van der Waals surface area (Å²) in [5.74, 6) is 1.85. The highest BCUT2D eigenvalue weighted by molar-refractivity contribution is 5.99. The van der Waals surface area contributed by atoms with Crippen LogP contribution in [0.2, 0.25) is 0 Å². The molecule has 176 valence electrons. The molecule has 3 aromatic carbocycles. The Bertz CT molecular complexity index is 1170. The predicted molar refractivity (Wildman–Crippen MR) is 134 cm³/mol. The van der Waals surface area contributed by atoms with Gasteiger partial charge in [0.15, 0.2) is 0 Å². The van der Waals surface area contributed by atoms with Crippen molar-refractivity contribution in [3.8, 4) is 17.2 Å². The summed E-state index contributed by atoms with van der Waals surface area (Å²) in [5, 5.41) is 6.01. The number of para-hydroxylation sites is 1. The molecule has 0 bridgehead atoms. The van der Waals surface area contributed by atoms with E-state index in [1.807, 2.05) is 87.5 Å². The monoisotopic (exact) mass is 459 g/mol. The van der Waals surface area contributed by atoms with Gasteiger partial charge >= 0.3 is 0 Å². The van der Waals surface area contributed by atoms with Crippen molar-refractivity contribution in [3.05, 3.63) is 72.8 Å². The van der Waals surface area contributed by atoms with Gasteiger partial charge in [0.25, 0.3) is 0 Å². The van der Waals surface area contributed by atoms with E-state index < -0.39 is 5.41 Å². The molecule has 2 N–H and O–H groups in total.